The van der Waals surface area contributed by atoms with E-state index in [1.165, 1.54) is 0 Å². The van der Waals surface area contributed by atoms with Crippen LogP contribution in [-0.2, 0) is 9.59 Å². The largest absolute Gasteiger partial charge is 0.481 e. The summed E-state index contributed by atoms with van der Waals surface area (Å²) in [5, 5.41) is 11.8. The van der Waals surface area contributed by atoms with Crippen LogP contribution >= 0.6 is 0 Å². The normalized spacial score (nSPS) is 16.0. The Hall–Kier alpha value is -1.10. The van der Waals surface area contributed by atoms with E-state index in [0.29, 0.717) is 12.5 Å². The summed E-state index contributed by atoms with van der Waals surface area (Å²) in [6.45, 7) is 8.10. The number of carboxylic acids is 1. The molecule has 1 amide bonds. The summed E-state index contributed by atoms with van der Waals surface area (Å²) in [5.41, 5.74) is 0. The van der Waals surface area contributed by atoms with Gasteiger partial charge in [0.1, 0.15) is 0 Å². The molecule has 0 heterocycles. The Morgan fingerprint density at radius 2 is 1.60 bits per heavy atom. The summed E-state index contributed by atoms with van der Waals surface area (Å²) in [7, 11) is 4.02. The van der Waals surface area contributed by atoms with Gasteiger partial charge in [-0.3, -0.25) is 9.59 Å². The van der Waals surface area contributed by atoms with Gasteiger partial charge in [-0.1, -0.05) is 40.5 Å². The van der Waals surface area contributed by atoms with Crippen molar-refractivity contribution in [3.8, 4) is 0 Å². The highest BCUT2D eigenvalue weighted by molar-refractivity contribution is 5.84. The summed E-state index contributed by atoms with van der Waals surface area (Å²) in [6, 6.07) is 0.279. The molecule has 0 aliphatic rings. The van der Waals surface area contributed by atoms with Crippen molar-refractivity contribution < 1.29 is 14.7 Å². The van der Waals surface area contributed by atoms with Crippen molar-refractivity contribution in [1.29, 1.82) is 0 Å². The van der Waals surface area contributed by atoms with Crippen molar-refractivity contribution in [2.24, 2.45) is 17.8 Å². The van der Waals surface area contributed by atoms with E-state index < -0.39 is 17.8 Å². The second-order valence-corrected chi connectivity index (χ2v) is 5.77. The Morgan fingerprint density at radius 3 is 1.95 bits per heavy atom. The number of carbonyl (C=O) groups is 2. The van der Waals surface area contributed by atoms with Crippen molar-refractivity contribution in [3.05, 3.63) is 0 Å². The highest BCUT2D eigenvalue weighted by Crippen LogP contribution is 2.17. The van der Waals surface area contributed by atoms with Gasteiger partial charge >= 0.3 is 5.97 Å². The monoisotopic (exact) mass is 286 g/mol. The molecule has 20 heavy (non-hydrogen) atoms. The van der Waals surface area contributed by atoms with Crippen molar-refractivity contribution in [1.82, 2.24) is 10.2 Å². The number of likely N-dealkylation sites (N-methyl/N-ethyl adjacent to an activating group) is 1. The third-order valence-corrected chi connectivity index (χ3v) is 4.29. The van der Waals surface area contributed by atoms with Crippen LogP contribution in [0.2, 0.25) is 0 Å². The SMILES string of the molecule is CCC(CC)C(CNC(=O)C(C)C(C)C(=O)O)N(C)C. The number of hydrogen-bond donors (Lipinski definition) is 2. The van der Waals surface area contributed by atoms with Gasteiger partial charge in [-0.25, -0.2) is 0 Å². The molecule has 0 radical (unpaired) electrons. The summed E-state index contributed by atoms with van der Waals surface area (Å²) in [5.74, 6) is -1.77. The number of carboxylic acid groups (broad SMARTS) is 1. The molecule has 0 fully saturated rings. The molecule has 2 N–H and O–H groups in total. The maximum Gasteiger partial charge on any atom is 0.307 e. The molecule has 118 valence electrons. The zero-order valence-corrected chi connectivity index (χ0v) is 13.6. The molecule has 0 bridgehead atoms. The van der Waals surface area contributed by atoms with Crippen molar-refractivity contribution in [3.63, 3.8) is 0 Å². The van der Waals surface area contributed by atoms with Crippen LogP contribution in [0.3, 0.4) is 0 Å². The average Bonchev–Trinajstić information content (AvgIpc) is 2.40. The third-order valence-electron chi connectivity index (χ3n) is 4.29. The molecule has 0 aliphatic heterocycles. The lowest BCUT2D eigenvalue weighted by atomic mass is 9.92. The van der Waals surface area contributed by atoms with E-state index in [-0.39, 0.29) is 11.9 Å². The second kappa shape index (κ2) is 8.95. The number of nitrogens with zero attached hydrogens (tertiary/aromatic N) is 1. The minimum atomic E-state index is -0.934. The van der Waals surface area contributed by atoms with Gasteiger partial charge in [0.25, 0.3) is 0 Å². The Bertz CT molecular complexity index is 314. The van der Waals surface area contributed by atoms with Gasteiger partial charge in [0.2, 0.25) is 5.91 Å². The number of amides is 1. The molecule has 0 aromatic heterocycles. The van der Waals surface area contributed by atoms with Crippen LogP contribution < -0.4 is 5.32 Å². The fourth-order valence-corrected chi connectivity index (χ4v) is 2.41. The third kappa shape index (κ3) is 5.49. The van der Waals surface area contributed by atoms with E-state index in [0.717, 1.165) is 12.8 Å². The first-order valence-electron chi connectivity index (χ1n) is 7.43. The molecule has 0 saturated carbocycles. The van der Waals surface area contributed by atoms with Gasteiger partial charge in [0.15, 0.2) is 0 Å². The zero-order valence-electron chi connectivity index (χ0n) is 13.6. The number of aliphatic carboxylic acids is 1. The summed E-state index contributed by atoms with van der Waals surface area (Å²) in [4.78, 5) is 25.1. The number of hydrogen-bond acceptors (Lipinski definition) is 3. The molecule has 0 aromatic carbocycles. The fraction of sp³-hybridized carbons (Fsp3) is 0.867. The lowest BCUT2D eigenvalue weighted by Gasteiger charge is -2.32. The number of nitrogens with one attached hydrogen (secondary N) is 1. The predicted molar refractivity (Wildman–Crippen MR) is 80.5 cm³/mol. The Kier molecular flexibility index (Phi) is 8.46. The lowest BCUT2D eigenvalue weighted by Crippen LogP contribution is -2.46. The van der Waals surface area contributed by atoms with Crippen LogP contribution in [-0.4, -0.2) is 48.6 Å². The van der Waals surface area contributed by atoms with Gasteiger partial charge in [-0.15, -0.1) is 0 Å². The van der Waals surface area contributed by atoms with Crippen LogP contribution in [0.5, 0.6) is 0 Å². The first kappa shape index (κ1) is 18.9. The van der Waals surface area contributed by atoms with Gasteiger partial charge in [-0.2, -0.15) is 0 Å². The summed E-state index contributed by atoms with van der Waals surface area (Å²) in [6.07, 6.45) is 2.13. The van der Waals surface area contributed by atoms with Crippen molar-refractivity contribution in [2.75, 3.05) is 20.6 Å². The van der Waals surface area contributed by atoms with Crippen LogP contribution in [0.25, 0.3) is 0 Å². The fourth-order valence-electron chi connectivity index (χ4n) is 2.41. The zero-order chi connectivity index (χ0) is 15.9. The molecule has 0 saturated heterocycles. The highest BCUT2D eigenvalue weighted by atomic mass is 16.4. The molecular formula is C15H30N2O3. The molecular weight excluding hydrogens is 256 g/mol. The van der Waals surface area contributed by atoms with Crippen LogP contribution in [0, 0.1) is 17.8 Å². The topological polar surface area (TPSA) is 69.6 Å². The maximum atomic E-state index is 12.0. The first-order valence-corrected chi connectivity index (χ1v) is 7.43. The molecule has 5 heteroatoms. The number of carbonyl (C=O) groups excluding carboxylic acids is 1. The first-order chi connectivity index (χ1) is 9.26. The highest BCUT2D eigenvalue weighted by Gasteiger charge is 2.27. The summed E-state index contributed by atoms with van der Waals surface area (Å²) < 4.78 is 0. The molecule has 3 atom stereocenters. The maximum absolute atomic E-state index is 12.0. The number of rotatable bonds is 9. The van der Waals surface area contributed by atoms with Crippen LogP contribution in [0.15, 0.2) is 0 Å². The average molecular weight is 286 g/mol. The molecule has 0 spiro atoms. The molecule has 0 rings (SSSR count). The van der Waals surface area contributed by atoms with Crippen molar-refractivity contribution >= 4 is 11.9 Å². The summed E-state index contributed by atoms with van der Waals surface area (Å²) >= 11 is 0. The van der Waals surface area contributed by atoms with E-state index in [9.17, 15) is 9.59 Å². The minimum Gasteiger partial charge on any atom is -0.481 e. The van der Waals surface area contributed by atoms with Crippen molar-refractivity contribution in [2.45, 2.75) is 46.6 Å². The quantitative estimate of drug-likeness (QED) is 0.678. The Balaban J connectivity index is 4.55. The molecule has 0 aromatic rings. The van der Waals surface area contributed by atoms with E-state index in [2.05, 4.69) is 24.1 Å². The van der Waals surface area contributed by atoms with E-state index >= 15 is 0 Å². The Morgan fingerprint density at radius 1 is 1.10 bits per heavy atom. The lowest BCUT2D eigenvalue weighted by molar-refractivity contribution is -0.146. The Labute approximate surface area is 122 Å². The molecule has 0 aliphatic carbocycles. The smallest absolute Gasteiger partial charge is 0.307 e. The van der Waals surface area contributed by atoms with Gasteiger partial charge < -0.3 is 15.3 Å². The van der Waals surface area contributed by atoms with E-state index in [4.69, 9.17) is 5.11 Å². The second-order valence-electron chi connectivity index (χ2n) is 5.77. The standard InChI is InChI=1S/C15H30N2O3/c1-7-12(8-2)13(17(5)6)9-16-14(18)10(3)11(4)15(19)20/h10-13H,7-9H2,1-6H3,(H,16,18)(H,19,20). The molecule has 3 unspecified atom stereocenters. The van der Waals surface area contributed by atoms with E-state index in [1.54, 1.807) is 13.8 Å². The van der Waals surface area contributed by atoms with Crippen LogP contribution in [0.4, 0.5) is 0 Å². The van der Waals surface area contributed by atoms with Crippen LogP contribution in [0.1, 0.15) is 40.5 Å². The van der Waals surface area contributed by atoms with Gasteiger partial charge in [0, 0.05) is 18.5 Å². The predicted octanol–water partition coefficient (Wildman–Crippen LogP) is 1.83. The molecule has 5 nitrogen and oxygen atoms in total. The van der Waals surface area contributed by atoms with E-state index in [1.807, 2.05) is 14.1 Å². The van der Waals surface area contributed by atoms with Gasteiger partial charge in [0.05, 0.1) is 5.92 Å². The minimum absolute atomic E-state index is 0.183. The van der Waals surface area contributed by atoms with Gasteiger partial charge in [-0.05, 0) is 20.0 Å².